The van der Waals surface area contributed by atoms with Crippen LogP contribution in [0.1, 0.15) is 29.9 Å². The standard InChI is InChI=1S/C14H19NO2/c1-16-13-5-4-12-11(3-2-8-17-12)14(13)10-6-7-15-9-10/h4-5,10,15H,2-3,6-9H2,1H3. The van der Waals surface area contributed by atoms with E-state index in [-0.39, 0.29) is 0 Å². The van der Waals surface area contributed by atoms with Crippen LogP contribution >= 0.6 is 0 Å². The highest BCUT2D eigenvalue weighted by Gasteiger charge is 2.26. The van der Waals surface area contributed by atoms with Gasteiger partial charge in [-0.3, -0.25) is 0 Å². The van der Waals surface area contributed by atoms with Crippen molar-refractivity contribution in [2.75, 3.05) is 26.8 Å². The fourth-order valence-corrected chi connectivity index (χ4v) is 2.97. The number of fused-ring (bicyclic) bond motifs is 1. The van der Waals surface area contributed by atoms with E-state index >= 15 is 0 Å². The van der Waals surface area contributed by atoms with Gasteiger partial charge in [-0.15, -0.1) is 0 Å². The lowest BCUT2D eigenvalue weighted by Gasteiger charge is -2.24. The maximum absolute atomic E-state index is 5.75. The third kappa shape index (κ3) is 1.89. The maximum Gasteiger partial charge on any atom is 0.123 e. The van der Waals surface area contributed by atoms with Gasteiger partial charge in [0.15, 0.2) is 0 Å². The minimum atomic E-state index is 0.585. The first-order valence-corrected chi connectivity index (χ1v) is 6.43. The van der Waals surface area contributed by atoms with Crippen molar-refractivity contribution in [1.29, 1.82) is 0 Å². The summed E-state index contributed by atoms with van der Waals surface area (Å²) in [5, 5.41) is 3.43. The molecule has 2 heterocycles. The fourth-order valence-electron chi connectivity index (χ4n) is 2.97. The lowest BCUT2D eigenvalue weighted by atomic mass is 9.89. The summed E-state index contributed by atoms with van der Waals surface area (Å²) < 4.78 is 11.3. The van der Waals surface area contributed by atoms with Crippen molar-refractivity contribution in [3.63, 3.8) is 0 Å². The highest BCUT2D eigenvalue weighted by Crippen LogP contribution is 2.40. The minimum absolute atomic E-state index is 0.585. The number of ether oxygens (including phenoxy) is 2. The molecule has 92 valence electrons. The van der Waals surface area contributed by atoms with Gasteiger partial charge in [0.1, 0.15) is 11.5 Å². The Morgan fingerprint density at radius 2 is 2.35 bits per heavy atom. The third-order valence-corrected chi connectivity index (χ3v) is 3.79. The van der Waals surface area contributed by atoms with E-state index in [2.05, 4.69) is 17.4 Å². The predicted octanol–water partition coefficient (Wildman–Crippen LogP) is 2.10. The maximum atomic E-state index is 5.75. The molecule has 1 N–H and O–H groups in total. The van der Waals surface area contributed by atoms with Crippen LogP contribution < -0.4 is 14.8 Å². The van der Waals surface area contributed by atoms with Gasteiger partial charge in [-0.1, -0.05) is 0 Å². The Labute approximate surface area is 102 Å². The molecule has 1 aromatic rings. The van der Waals surface area contributed by atoms with Gasteiger partial charge in [0.25, 0.3) is 0 Å². The molecule has 1 aromatic carbocycles. The molecule has 0 aromatic heterocycles. The van der Waals surface area contributed by atoms with Crippen LogP contribution in [0.3, 0.4) is 0 Å². The summed E-state index contributed by atoms with van der Waals surface area (Å²) in [5.41, 5.74) is 2.76. The van der Waals surface area contributed by atoms with Crippen LogP contribution in [-0.2, 0) is 6.42 Å². The first kappa shape index (κ1) is 10.9. The molecular weight excluding hydrogens is 214 g/mol. The molecule has 0 amide bonds. The second kappa shape index (κ2) is 4.57. The normalized spacial score (nSPS) is 23.0. The highest BCUT2D eigenvalue weighted by molar-refractivity contribution is 5.51. The average Bonchev–Trinajstić information content (AvgIpc) is 2.91. The van der Waals surface area contributed by atoms with Crippen LogP contribution in [0.25, 0.3) is 0 Å². The SMILES string of the molecule is COc1ccc2c(c1C1CCNC1)CCCO2. The third-order valence-electron chi connectivity index (χ3n) is 3.79. The molecule has 2 aliphatic rings. The summed E-state index contributed by atoms with van der Waals surface area (Å²) in [6.07, 6.45) is 3.44. The van der Waals surface area contributed by atoms with Crippen molar-refractivity contribution < 1.29 is 9.47 Å². The number of hydrogen-bond acceptors (Lipinski definition) is 3. The lowest BCUT2D eigenvalue weighted by molar-refractivity contribution is 0.285. The van der Waals surface area contributed by atoms with Crippen molar-refractivity contribution in [1.82, 2.24) is 5.32 Å². The monoisotopic (exact) mass is 233 g/mol. The van der Waals surface area contributed by atoms with Crippen molar-refractivity contribution in [3.8, 4) is 11.5 Å². The molecule has 0 radical (unpaired) electrons. The Morgan fingerprint density at radius 1 is 1.41 bits per heavy atom. The zero-order valence-corrected chi connectivity index (χ0v) is 10.3. The molecule has 3 nitrogen and oxygen atoms in total. The van der Waals surface area contributed by atoms with Crippen LogP contribution in [0.5, 0.6) is 11.5 Å². The van der Waals surface area contributed by atoms with Gasteiger partial charge in [0.05, 0.1) is 13.7 Å². The summed E-state index contributed by atoms with van der Waals surface area (Å²) in [6, 6.07) is 4.11. The average molecular weight is 233 g/mol. The van der Waals surface area contributed by atoms with Gasteiger partial charge in [0, 0.05) is 23.6 Å². The predicted molar refractivity (Wildman–Crippen MR) is 67.0 cm³/mol. The van der Waals surface area contributed by atoms with Gasteiger partial charge in [-0.2, -0.15) is 0 Å². The quantitative estimate of drug-likeness (QED) is 0.848. The molecule has 1 unspecified atom stereocenters. The topological polar surface area (TPSA) is 30.5 Å². The minimum Gasteiger partial charge on any atom is -0.496 e. The van der Waals surface area contributed by atoms with Gasteiger partial charge < -0.3 is 14.8 Å². The molecule has 0 saturated carbocycles. The zero-order valence-electron chi connectivity index (χ0n) is 10.3. The fraction of sp³-hybridized carbons (Fsp3) is 0.571. The summed E-state index contributed by atoms with van der Waals surface area (Å²) in [5.74, 6) is 2.68. The van der Waals surface area contributed by atoms with E-state index in [0.29, 0.717) is 5.92 Å². The molecule has 0 aliphatic carbocycles. The lowest BCUT2D eigenvalue weighted by Crippen LogP contribution is -2.15. The molecule has 2 aliphatic heterocycles. The molecule has 1 saturated heterocycles. The van der Waals surface area contributed by atoms with E-state index in [1.54, 1.807) is 7.11 Å². The second-order valence-corrected chi connectivity index (χ2v) is 4.80. The first-order valence-electron chi connectivity index (χ1n) is 6.43. The molecule has 1 atom stereocenters. The van der Waals surface area contributed by atoms with Crippen LogP contribution in [0.15, 0.2) is 12.1 Å². The Balaban J connectivity index is 2.07. The van der Waals surface area contributed by atoms with E-state index in [9.17, 15) is 0 Å². The molecule has 3 rings (SSSR count). The molecule has 17 heavy (non-hydrogen) atoms. The molecule has 0 spiro atoms. The number of rotatable bonds is 2. The van der Waals surface area contributed by atoms with E-state index < -0.39 is 0 Å². The molecule has 1 fully saturated rings. The van der Waals surface area contributed by atoms with E-state index in [1.165, 1.54) is 17.5 Å². The van der Waals surface area contributed by atoms with Crippen LogP contribution in [0.2, 0.25) is 0 Å². The van der Waals surface area contributed by atoms with E-state index in [4.69, 9.17) is 9.47 Å². The van der Waals surface area contributed by atoms with Crippen molar-refractivity contribution in [3.05, 3.63) is 23.3 Å². The van der Waals surface area contributed by atoms with Crippen molar-refractivity contribution in [2.24, 2.45) is 0 Å². The van der Waals surface area contributed by atoms with E-state index in [0.717, 1.165) is 44.0 Å². The van der Waals surface area contributed by atoms with E-state index in [1.807, 2.05) is 0 Å². The molecular formula is C14H19NO2. The zero-order chi connectivity index (χ0) is 11.7. The van der Waals surface area contributed by atoms with Crippen LogP contribution in [0.4, 0.5) is 0 Å². The van der Waals surface area contributed by atoms with Gasteiger partial charge in [-0.05, 0) is 37.9 Å². The Kier molecular flexibility index (Phi) is 2.93. The first-order chi connectivity index (χ1) is 8.40. The summed E-state index contributed by atoms with van der Waals surface area (Å²) in [6.45, 7) is 3.02. The van der Waals surface area contributed by atoms with Gasteiger partial charge >= 0.3 is 0 Å². The molecule has 0 bridgehead atoms. The summed E-state index contributed by atoms with van der Waals surface area (Å²) >= 11 is 0. The number of nitrogens with one attached hydrogen (secondary N) is 1. The summed E-state index contributed by atoms with van der Waals surface area (Å²) in [7, 11) is 1.76. The Bertz CT molecular complexity index is 411. The highest BCUT2D eigenvalue weighted by atomic mass is 16.5. The number of hydrogen-bond donors (Lipinski definition) is 1. The van der Waals surface area contributed by atoms with Gasteiger partial charge in [0.2, 0.25) is 0 Å². The Hall–Kier alpha value is -1.22. The smallest absolute Gasteiger partial charge is 0.123 e. The molecule has 3 heteroatoms. The largest absolute Gasteiger partial charge is 0.496 e. The van der Waals surface area contributed by atoms with Crippen molar-refractivity contribution >= 4 is 0 Å². The Morgan fingerprint density at radius 3 is 3.12 bits per heavy atom. The number of benzene rings is 1. The summed E-state index contributed by atoms with van der Waals surface area (Å²) in [4.78, 5) is 0. The van der Waals surface area contributed by atoms with Gasteiger partial charge in [-0.25, -0.2) is 0 Å². The van der Waals surface area contributed by atoms with Crippen LogP contribution in [0, 0.1) is 0 Å². The van der Waals surface area contributed by atoms with Crippen molar-refractivity contribution in [2.45, 2.75) is 25.2 Å². The number of methoxy groups -OCH3 is 1. The second-order valence-electron chi connectivity index (χ2n) is 4.80. The van der Waals surface area contributed by atoms with Crippen LogP contribution in [-0.4, -0.2) is 26.8 Å².